The lowest BCUT2D eigenvalue weighted by Crippen LogP contribution is -2.26. The summed E-state index contributed by atoms with van der Waals surface area (Å²) >= 11 is 0. The highest BCUT2D eigenvalue weighted by molar-refractivity contribution is 5.49. The third kappa shape index (κ3) is 2.51. The zero-order chi connectivity index (χ0) is 10.8. The summed E-state index contributed by atoms with van der Waals surface area (Å²) < 4.78 is 5.54. The van der Waals surface area contributed by atoms with Gasteiger partial charge in [-0.1, -0.05) is 6.07 Å². The minimum Gasteiger partial charge on any atom is -0.380 e. The maximum Gasteiger partial charge on any atom is 0.0748 e. The average molecular weight is 205 g/mol. The van der Waals surface area contributed by atoms with Crippen molar-refractivity contribution < 1.29 is 4.74 Å². The number of ether oxygens (including phenoxy) is 1. The highest BCUT2D eigenvalue weighted by Crippen LogP contribution is 2.20. The minimum absolute atomic E-state index is 0.325. The molecule has 0 radical (unpaired) electrons. The first-order valence-corrected chi connectivity index (χ1v) is 5.61. The van der Waals surface area contributed by atoms with Crippen molar-refractivity contribution in [3.05, 3.63) is 29.3 Å². The van der Waals surface area contributed by atoms with E-state index < -0.39 is 0 Å². The van der Waals surface area contributed by atoms with E-state index in [2.05, 4.69) is 44.3 Å². The number of hydrogen-bond acceptors (Lipinski definition) is 2. The summed E-state index contributed by atoms with van der Waals surface area (Å²) in [5.74, 6) is 0. The number of benzene rings is 1. The molecular formula is C13H19NO. The van der Waals surface area contributed by atoms with Crippen molar-refractivity contribution in [3.8, 4) is 0 Å². The standard InChI is InChI=1S/C13H19NO/c1-9-6-10(2)8-12(7-9)14-13-4-5-15-11(13)3/h6-8,11,13-14H,4-5H2,1-3H3/t11-,13-/m1/s1. The van der Waals surface area contributed by atoms with Gasteiger partial charge in [0.15, 0.2) is 0 Å². The minimum atomic E-state index is 0.325. The molecule has 2 atom stereocenters. The van der Waals surface area contributed by atoms with Gasteiger partial charge in [0.05, 0.1) is 12.1 Å². The zero-order valence-electron chi connectivity index (χ0n) is 9.71. The van der Waals surface area contributed by atoms with Crippen LogP contribution in [0.25, 0.3) is 0 Å². The lowest BCUT2D eigenvalue weighted by molar-refractivity contribution is 0.121. The highest BCUT2D eigenvalue weighted by Gasteiger charge is 2.23. The summed E-state index contributed by atoms with van der Waals surface area (Å²) in [6.45, 7) is 7.27. The molecule has 0 aliphatic carbocycles. The first-order chi connectivity index (χ1) is 7.15. The number of anilines is 1. The molecule has 1 aliphatic rings. The molecule has 0 saturated carbocycles. The van der Waals surface area contributed by atoms with E-state index in [4.69, 9.17) is 4.74 Å². The largest absolute Gasteiger partial charge is 0.380 e. The van der Waals surface area contributed by atoms with Gasteiger partial charge in [0.1, 0.15) is 0 Å². The van der Waals surface area contributed by atoms with Crippen molar-refractivity contribution >= 4 is 5.69 Å². The van der Waals surface area contributed by atoms with Gasteiger partial charge in [0.2, 0.25) is 0 Å². The molecular weight excluding hydrogens is 186 g/mol. The highest BCUT2D eigenvalue weighted by atomic mass is 16.5. The van der Waals surface area contributed by atoms with Crippen molar-refractivity contribution in [3.63, 3.8) is 0 Å². The van der Waals surface area contributed by atoms with Gasteiger partial charge >= 0.3 is 0 Å². The van der Waals surface area contributed by atoms with E-state index in [1.165, 1.54) is 16.8 Å². The molecule has 1 saturated heterocycles. The van der Waals surface area contributed by atoms with E-state index in [9.17, 15) is 0 Å². The Hall–Kier alpha value is -1.02. The lowest BCUT2D eigenvalue weighted by atomic mass is 10.1. The summed E-state index contributed by atoms with van der Waals surface area (Å²) in [6, 6.07) is 7.04. The topological polar surface area (TPSA) is 21.3 Å². The molecule has 1 fully saturated rings. The van der Waals surface area contributed by atoms with Crippen LogP contribution in [-0.2, 0) is 4.74 Å². The van der Waals surface area contributed by atoms with Gasteiger partial charge in [-0.25, -0.2) is 0 Å². The van der Waals surface area contributed by atoms with Gasteiger partial charge in [-0.2, -0.15) is 0 Å². The van der Waals surface area contributed by atoms with Crippen molar-refractivity contribution in [2.75, 3.05) is 11.9 Å². The van der Waals surface area contributed by atoms with E-state index in [-0.39, 0.29) is 0 Å². The van der Waals surface area contributed by atoms with Crippen LogP contribution in [0, 0.1) is 13.8 Å². The number of nitrogens with one attached hydrogen (secondary N) is 1. The predicted molar refractivity (Wildman–Crippen MR) is 63.4 cm³/mol. The Morgan fingerprint density at radius 2 is 1.87 bits per heavy atom. The molecule has 2 nitrogen and oxygen atoms in total. The Kier molecular flexibility index (Phi) is 2.96. The Balaban J connectivity index is 2.10. The molecule has 82 valence electrons. The van der Waals surface area contributed by atoms with Gasteiger partial charge in [-0.05, 0) is 50.5 Å². The van der Waals surface area contributed by atoms with Crippen LogP contribution in [0.15, 0.2) is 18.2 Å². The molecule has 1 heterocycles. The third-order valence-corrected chi connectivity index (χ3v) is 2.95. The predicted octanol–water partition coefficient (Wildman–Crippen LogP) is 2.89. The molecule has 0 spiro atoms. The molecule has 2 heteroatoms. The number of hydrogen-bond donors (Lipinski definition) is 1. The van der Waals surface area contributed by atoms with Crippen LogP contribution in [-0.4, -0.2) is 18.8 Å². The van der Waals surface area contributed by atoms with Crippen LogP contribution in [0.5, 0.6) is 0 Å². The second-order valence-corrected chi connectivity index (χ2v) is 4.49. The van der Waals surface area contributed by atoms with Crippen LogP contribution >= 0.6 is 0 Å². The van der Waals surface area contributed by atoms with E-state index >= 15 is 0 Å². The van der Waals surface area contributed by atoms with E-state index in [0.717, 1.165) is 13.0 Å². The van der Waals surface area contributed by atoms with Crippen LogP contribution in [0.1, 0.15) is 24.5 Å². The lowest BCUT2D eigenvalue weighted by Gasteiger charge is -2.18. The van der Waals surface area contributed by atoms with Crippen LogP contribution in [0.2, 0.25) is 0 Å². The van der Waals surface area contributed by atoms with Gasteiger partial charge in [0.25, 0.3) is 0 Å². The van der Waals surface area contributed by atoms with Crippen molar-refractivity contribution in [2.45, 2.75) is 39.3 Å². The molecule has 0 unspecified atom stereocenters. The molecule has 1 aliphatic heterocycles. The average Bonchev–Trinajstić information content (AvgIpc) is 2.50. The van der Waals surface area contributed by atoms with Crippen LogP contribution < -0.4 is 5.32 Å². The maximum absolute atomic E-state index is 5.54. The third-order valence-electron chi connectivity index (χ3n) is 2.95. The zero-order valence-corrected chi connectivity index (χ0v) is 9.71. The summed E-state index contributed by atoms with van der Waals surface area (Å²) in [4.78, 5) is 0. The second-order valence-electron chi connectivity index (χ2n) is 4.49. The maximum atomic E-state index is 5.54. The SMILES string of the molecule is Cc1cc(C)cc(N[C@@H]2CCO[C@@H]2C)c1. The fourth-order valence-corrected chi connectivity index (χ4v) is 2.19. The molecule has 0 aromatic heterocycles. The molecule has 15 heavy (non-hydrogen) atoms. The van der Waals surface area contributed by atoms with E-state index in [1.54, 1.807) is 0 Å². The van der Waals surface area contributed by atoms with Crippen molar-refractivity contribution in [1.29, 1.82) is 0 Å². The Morgan fingerprint density at radius 3 is 2.40 bits per heavy atom. The first-order valence-electron chi connectivity index (χ1n) is 5.61. The molecule has 0 amide bonds. The van der Waals surface area contributed by atoms with Crippen molar-refractivity contribution in [1.82, 2.24) is 0 Å². The van der Waals surface area contributed by atoms with Gasteiger partial charge in [-0.15, -0.1) is 0 Å². The summed E-state index contributed by atoms with van der Waals surface area (Å²) in [7, 11) is 0. The normalized spacial score (nSPS) is 25.5. The van der Waals surface area contributed by atoms with Crippen LogP contribution in [0.3, 0.4) is 0 Å². The monoisotopic (exact) mass is 205 g/mol. The van der Waals surface area contributed by atoms with Crippen LogP contribution in [0.4, 0.5) is 5.69 Å². The molecule has 2 rings (SSSR count). The van der Waals surface area contributed by atoms with E-state index in [0.29, 0.717) is 12.1 Å². The Bertz CT molecular complexity index is 328. The van der Waals surface area contributed by atoms with Gasteiger partial charge in [0, 0.05) is 12.3 Å². The molecule has 1 aromatic carbocycles. The number of aryl methyl sites for hydroxylation is 2. The Morgan fingerprint density at radius 1 is 1.20 bits per heavy atom. The number of rotatable bonds is 2. The summed E-state index contributed by atoms with van der Waals surface area (Å²) in [5.41, 5.74) is 3.84. The summed E-state index contributed by atoms with van der Waals surface area (Å²) in [5, 5.41) is 3.55. The molecule has 1 N–H and O–H groups in total. The smallest absolute Gasteiger partial charge is 0.0748 e. The summed E-state index contributed by atoms with van der Waals surface area (Å²) in [6.07, 6.45) is 1.43. The van der Waals surface area contributed by atoms with E-state index in [1.807, 2.05) is 0 Å². The van der Waals surface area contributed by atoms with Gasteiger partial charge < -0.3 is 10.1 Å². The van der Waals surface area contributed by atoms with Crippen molar-refractivity contribution in [2.24, 2.45) is 0 Å². The Labute approximate surface area is 91.6 Å². The fourth-order valence-electron chi connectivity index (χ4n) is 2.19. The fraction of sp³-hybridized carbons (Fsp3) is 0.538. The second kappa shape index (κ2) is 4.23. The molecule has 1 aromatic rings. The quantitative estimate of drug-likeness (QED) is 0.801. The molecule has 0 bridgehead atoms. The first kappa shape index (κ1) is 10.5. The van der Waals surface area contributed by atoms with Gasteiger partial charge in [-0.3, -0.25) is 0 Å².